The van der Waals surface area contributed by atoms with Crippen molar-refractivity contribution in [3.05, 3.63) is 41.6 Å². The van der Waals surface area contributed by atoms with Crippen molar-refractivity contribution in [1.82, 2.24) is 9.78 Å². The highest BCUT2D eigenvalue weighted by Gasteiger charge is 2.02. The highest BCUT2D eigenvalue weighted by Crippen LogP contribution is 2.14. The van der Waals surface area contributed by atoms with Crippen molar-refractivity contribution >= 4 is 18.2 Å². The van der Waals surface area contributed by atoms with Gasteiger partial charge in [-0.15, -0.1) is 12.4 Å². The average Bonchev–Trinajstić information content (AvgIpc) is 2.54. The number of hydrogen-bond acceptors (Lipinski definition) is 3. The summed E-state index contributed by atoms with van der Waals surface area (Å²) in [6.45, 7) is 2.67. The molecule has 0 radical (unpaired) electrons. The number of anilines is 1. The molecule has 17 heavy (non-hydrogen) atoms. The normalized spacial score (nSPS) is 9.76. The zero-order valence-electron chi connectivity index (χ0n) is 9.84. The summed E-state index contributed by atoms with van der Waals surface area (Å²) in [7, 11) is 1.90. The van der Waals surface area contributed by atoms with Gasteiger partial charge in [-0.05, 0) is 24.6 Å². The van der Waals surface area contributed by atoms with Gasteiger partial charge in [-0.25, -0.2) is 0 Å². The Labute approximate surface area is 107 Å². The van der Waals surface area contributed by atoms with Gasteiger partial charge in [0.15, 0.2) is 5.82 Å². The van der Waals surface area contributed by atoms with Crippen LogP contribution in [0.3, 0.4) is 0 Å². The van der Waals surface area contributed by atoms with E-state index >= 15 is 0 Å². The van der Waals surface area contributed by atoms with Crippen LogP contribution in [0.5, 0.6) is 5.75 Å². The smallest absolute Gasteiger partial charge is 0.151 e. The molecule has 1 heterocycles. The number of hydrogen-bond donors (Lipinski definition) is 2. The molecule has 0 amide bonds. The zero-order valence-corrected chi connectivity index (χ0v) is 10.7. The molecule has 0 spiro atoms. The number of aromatic hydroxyl groups is 1. The Balaban J connectivity index is 0.00000144. The predicted molar refractivity (Wildman–Crippen MR) is 70.6 cm³/mol. The molecule has 0 saturated carbocycles. The summed E-state index contributed by atoms with van der Waals surface area (Å²) in [6, 6.07) is 7.20. The van der Waals surface area contributed by atoms with Crippen LogP contribution < -0.4 is 5.32 Å². The summed E-state index contributed by atoms with van der Waals surface area (Å²) in [5, 5.41) is 16.8. The summed E-state index contributed by atoms with van der Waals surface area (Å²) in [6.07, 6.45) is 1.96. The third-order valence-corrected chi connectivity index (χ3v) is 2.38. The van der Waals surface area contributed by atoms with Crippen LogP contribution in [0, 0.1) is 6.92 Å². The summed E-state index contributed by atoms with van der Waals surface area (Å²) in [5.74, 6) is 1.17. The van der Waals surface area contributed by atoms with Crippen LogP contribution in [0.1, 0.15) is 11.1 Å². The third kappa shape index (κ3) is 3.39. The van der Waals surface area contributed by atoms with E-state index in [4.69, 9.17) is 0 Å². The highest BCUT2D eigenvalue weighted by atomic mass is 35.5. The van der Waals surface area contributed by atoms with E-state index < -0.39 is 0 Å². The molecular formula is C12H16ClN3O. The van der Waals surface area contributed by atoms with E-state index in [9.17, 15) is 5.11 Å². The maximum absolute atomic E-state index is 9.32. The molecule has 4 nitrogen and oxygen atoms in total. The standard InChI is InChI=1S/C12H15N3O.ClH/c1-9-8-15(2)14-12(9)13-7-10-4-3-5-11(16)6-10;/h3-6,8,16H,7H2,1-2H3,(H,13,14);1H. The molecule has 0 aliphatic carbocycles. The van der Waals surface area contributed by atoms with Crippen molar-refractivity contribution in [3.63, 3.8) is 0 Å². The molecular weight excluding hydrogens is 238 g/mol. The van der Waals surface area contributed by atoms with Gasteiger partial charge in [-0.2, -0.15) is 5.10 Å². The fraction of sp³-hybridized carbons (Fsp3) is 0.250. The second-order valence-corrected chi connectivity index (χ2v) is 3.86. The Morgan fingerprint density at radius 2 is 2.18 bits per heavy atom. The minimum Gasteiger partial charge on any atom is -0.508 e. The van der Waals surface area contributed by atoms with E-state index in [1.54, 1.807) is 16.8 Å². The average molecular weight is 254 g/mol. The van der Waals surface area contributed by atoms with Crippen LogP contribution in [0.25, 0.3) is 0 Å². The Morgan fingerprint density at radius 3 is 2.76 bits per heavy atom. The van der Waals surface area contributed by atoms with Gasteiger partial charge in [0.2, 0.25) is 0 Å². The molecule has 2 aromatic rings. The van der Waals surface area contributed by atoms with E-state index in [1.165, 1.54) is 0 Å². The van der Waals surface area contributed by atoms with Gasteiger partial charge in [0.25, 0.3) is 0 Å². The van der Waals surface area contributed by atoms with Crippen LogP contribution >= 0.6 is 12.4 Å². The minimum absolute atomic E-state index is 0. The lowest BCUT2D eigenvalue weighted by Crippen LogP contribution is -2.01. The Bertz CT molecular complexity index is 496. The van der Waals surface area contributed by atoms with Gasteiger partial charge in [0, 0.05) is 25.4 Å². The number of phenols is 1. The van der Waals surface area contributed by atoms with Crippen molar-refractivity contribution in [2.45, 2.75) is 13.5 Å². The lowest BCUT2D eigenvalue weighted by Gasteiger charge is -2.04. The quantitative estimate of drug-likeness (QED) is 0.884. The minimum atomic E-state index is 0. The third-order valence-electron chi connectivity index (χ3n) is 2.38. The number of nitrogens with zero attached hydrogens (tertiary/aromatic N) is 2. The first-order valence-electron chi connectivity index (χ1n) is 5.17. The van der Waals surface area contributed by atoms with Gasteiger partial charge in [0.05, 0.1) is 0 Å². The Morgan fingerprint density at radius 1 is 1.41 bits per heavy atom. The van der Waals surface area contributed by atoms with Crippen molar-refractivity contribution in [1.29, 1.82) is 0 Å². The van der Waals surface area contributed by atoms with Crippen molar-refractivity contribution < 1.29 is 5.11 Å². The molecule has 1 aromatic heterocycles. The van der Waals surface area contributed by atoms with Crippen LogP contribution in [-0.4, -0.2) is 14.9 Å². The maximum atomic E-state index is 9.32. The molecule has 0 atom stereocenters. The van der Waals surface area contributed by atoms with E-state index in [1.807, 2.05) is 32.3 Å². The topological polar surface area (TPSA) is 50.1 Å². The molecule has 0 bridgehead atoms. The van der Waals surface area contributed by atoms with Gasteiger partial charge >= 0.3 is 0 Å². The van der Waals surface area contributed by atoms with Gasteiger partial charge in [-0.1, -0.05) is 12.1 Å². The number of aromatic nitrogens is 2. The lowest BCUT2D eigenvalue weighted by atomic mass is 10.2. The molecule has 0 aliphatic rings. The van der Waals surface area contributed by atoms with Gasteiger partial charge in [-0.3, -0.25) is 4.68 Å². The maximum Gasteiger partial charge on any atom is 0.151 e. The van der Waals surface area contributed by atoms with Crippen molar-refractivity contribution in [2.75, 3.05) is 5.32 Å². The fourth-order valence-electron chi connectivity index (χ4n) is 1.63. The monoisotopic (exact) mass is 253 g/mol. The van der Waals surface area contributed by atoms with E-state index in [-0.39, 0.29) is 18.2 Å². The molecule has 1 aromatic carbocycles. The SMILES string of the molecule is Cc1cn(C)nc1NCc1cccc(O)c1.Cl. The summed E-state index contributed by atoms with van der Waals surface area (Å²) >= 11 is 0. The number of phenolic OH excluding ortho intramolecular Hbond substituents is 1. The molecule has 0 aliphatic heterocycles. The van der Waals surface area contributed by atoms with E-state index in [0.717, 1.165) is 16.9 Å². The molecule has 5 heteroatoms. The first kappa shape index (κ1) is 13.4. The first-order chi connectivity index (χ1) is 7.65. The summed E-state index contributed by atoms with van der Waals surface area (Å²) in [5.41, 5.74) is 2.15. The molecule has 0 fully saturated rings. The number of rotatable bonds is 3. The fourth-order valence-corrected chi connectivity index (χ4v) is 1.63. The lowest BCUT2D eigenvalue weighted by molar-refractivity contribution is 0.474. The first-order valence-corrected chi connectivity index (χ1v) is 5.17. The van der Waals surface area contributed by atoms with Crippen LogP contribution in [0.2, 0.25) is 0 Å². The molecule has 92 valence electrons. The molecule has 2 rings (SSSR count). The van der Waals surface area contributed by atoms with Crippen LogP contribution in [0.15, 0.2) is 30.5 Å². The van der Waals surface area contributed by atoms with Crippen LogP contribution in [-0.2, 0) is 13.6 Å². The highest BCUT2D eigenvalue weighted by molar-refractivity contribution is 5.85. The predicted octanol–water partition coefficient (Wildman–Crippen LogP) is 2.47. The van der Waals surface area contributed by atoms with E-state index in [0.29, 0.717) is 6.54 Å². The summed E-state index contributed by atoms with van der Waals surface area (Å²) in [4.78, 5) is 0. The second kappa shape index (κ2) is 5.59. The van der Waals surface area contributed by atoms with Crippen molar-refractivity contribution in [2.24, 2.45) is 7.05 Å². The zero-order chi connectivity index (χ0) is 11.5. The number of benzene rings is 1. The second-order valence-electron chi connectivity index (χ2n) is 3.86. The Hall–Kier alpha value is -1.68. The molecule has 2 N–H and O–H groups in total. The summed E-state index contributed by atoms with van der Waals surface area (Å²) < 4.78 is 1.78. The number of nitrogens with one attached hydrogen (secondary N) is 1. The van der Waals surface area contributed by atoms with Gasteiger partial charge < -0.3 is 10.4 Å². The number of aryl methyl sites for hydroxylation is 2. The van der Waals surface area contributed by atoms with Gasteiger partial charge in [0.1, 0.15) is 5.75 Å². The van der Waals surface area contributed by atoms with Crippen LogP contribution in [0.4, 0.5) is 5.82 Å². The van der Waals surface area contributed by atoms with Crippen molar-refractivity contribution in [3.8, 4) is 5.75 Å². The largest absolute Gasteiger partial charge is 0.508 e. The van der Waals surface area contributed by atoms with E-state index in [2.05, 4.69) is 10.4 Å². The Kier molecular flexibility index (Phi) is 4.40. The number of halogens is 1. The molecule has 0 unspecified atom stereocenters. The molecule has 0 saturated heterocycles.